The predicted octanol–water partition coefficient (Wildman–Crippen LogP) is 6.72. The molecule has 2 aromatic carbocycles. The maximum Gasteiger partial charge on any atom is -0.00984 e. The first-order valence-electron chi connectivity index (χ1n) is 8.36. The highest BCUT2D eigenvalue weighted by molar-refractivity contribution is 5.24. The third-order valence-electron chi connectivity index (χ3n) is 3.33. The van der Waals surface area contributed by atoms with Crippen molar-refractivity contribution in [3.63, 3.8) is 0 Å². The Morgan fingerprint density at radius 2 is 1.10 bits per heavy atom. The van der Waals surface area contributed by atoms with Gasteiger partial charge in [0, 0.05) is 0 Å². The number of hydrogen-bond acceptors (Lipinski definition) is 0. The maximum atomic E-state index is 2.31. The van der Waals surface area contributed by atoms with Gasteiger partial charge in [-0.15, -0.1) is 0 Å². The lowest BCUT2D eigenvalue weighted by atomic mass is 9.83. The second-order valence-corrected chi connectivity index (χ2v) is 4.95. The minimum Gasteiger partial charge on any atom is -0.0683 e. The molecule has 0 N–H and O–H groups in total. The molecule has 0 saturated heterocycles. The van der Waals surface area contributed by atoms with Crippen molar-refractivity contribution in [1.29, 1.82) is 0 Å². The van der Waals surface area contributed by atoms with Gasteiger partial charge in [-0.1, -0.05) is 102 Å². The van der Waals surface area contributed by atoms with Gasteiger partial charge in [0.2, 0.25) is 0 Å². The smallest absolute Gasteiger partial charge is 0.00984 e. The van der Waals surface area contributed by atoms with E-state index < -0.39 is 0 Å². The Morgan fingerprint density at radius 1 is 0.667 bits per heavy atom. The molecule has 0 bridgehead atoms. The molecule has 0 saturated carbocycles. The molecular weight excluding hydrogens is 252 g/mol. The molecule has 2 rings (SSSR count). The highest BCUT2D eigenvalue weighted by atomic mass is 14.2. The molecule has 0 aliphatic rings. The maximum absolute atomic E-state index is 2.31. The van der Waals surface area contributed by atoms with E-state index in [1.165, 1.54) is 11.1 Å². The fourth-order valence-corrected chi connectivity index (χ4v) is 2.31. The monoisotopic (exact) mass is 284 g/mol. The summed E-state index contributed by atoms with van der Waals surface area (Å²) in [6, 6.07) is 21.6. The van der Waals surface area contributed by atoms with Crippen LogP contribution in [0.1, 0.15) is 58.6 Å². The van der Waals surface area contributed by atoms with Crippen LogP contribution in [0.5, 0.6) is 0 Å². The lowest BCUT2D eigenvalue weighted by Crippen LogP contribution is -2.09. The third kappa shape index (κ3) is 7.13. The zero-order valence-electron chi connectivity index (χ0n) is 14.6. The summed E-state index contributed by atoms with van der Waals surface area (Å²) < 4.78 is 0. The van der Waals surface area contributed by atoms with E-state index in [0.717, 1.165) is 6.42 Å². The minimum atomic E-state index is 0.610. The van der Waals surface area contributed by atoms with Crippen molar-refractivity contribution < 1.29 is 0 Å². The van der Waals surface area contributed by atoms with Crippen LogP contribution in [0.25, 0.3) is 0 Å². The van der Waals surface area contributed by atoms with Gasteiger partial charge in [0.1, 0.15) is 0 Å². The van der Waals surface area contributed by atoms with Crippen molar-refractivity contribution in [2.45, 2.75) is 53.9 Å². The average Bonchev–Trinajstić information content (AvgIpc) is 2.58. The van der Waals surface area contributed by atoms with Crippen LogP contribution >= 0.6 is 0 Å². The summed E-state index contributed by atoms with van der Waals surface area (Å²) in [7, 11) is 0. The van der Waals surface area contributed by atoms with E-state index in [0.29, 0.717) is 11.8 Å². The molecule has 0 aliphatic heterocycles. The van der Waals surface area contributed by atoms with E-state index in [4.69, 9.17) is 0 Å². The van der Waals surface area contributed by atoms with E-state index >= 15 is 0 Å². The number of hydrogen-bond donors (Lipinski definition) is 0. The molecule has 1 unspecified atom stereocenters. The van der Waals surface area contributed by atoms with Gasteiger partial charge < -0.3 is 0 Å². The molecule has 0 aliphatic carbocycles. The van der Waals surface area contributed by atoms with Gasteiger partial charge in [-0.3, -0.25) is 0 Å². The zero-order valence-corrected chi connectivity index (χ0v) is 14.6. The van der Waals surface area contributed by atoms with Gasteiger partial charge in [-0.2, -0.15) is 0 Å². The largest absolute Gasteiger partial charge is 0.0683 e. The summed E-state index contributed by atoms with van der Waals surface area (Å²) in [6.45, 7) is 12.6. The molecule has 0 fully saturated rings. The Hall–Kier alpha value is -1.56. The molecule has 1 atom stereocenters. The molecule has 21 heavy (non-hydrogen) atoms. The molecule has 116 valence electrons. The molecule has 0 amide bonds. The van der Waals surface area contributed by atoms with Crippen molar-refractivity contribution in [1.82, 2.24) is 0 Å². The minimum absolute atomic E-state index is 0.610. The summed E-state index contributed by atoms with van der Waals surface area (Å²) >= 11 is 0. The van der Waals surface area contributed by atoms with Crippen molar-refractivity contribution in [2.24, 2.45) is 5.92 Å². The Kier molecular flexibility index (Phi) is 11.3. The number of rotatable bonds is 4. The first-order chi connectivity index (χ1) is 10.3. The Morgan fingerprint density at radius 3 is 1.52 bits per heavy atom. The van der Waals surface area contributed by atoms with Crippen LogP contribution in [0.2, 0.25) is 0 Å². The summed E-state index contributed by atoms with van der Waals surface area (Å²) in [5.41, 5.74) is 2.88. The van der Waals surface area contributed by atoms with E-state index in [2.05, 4.69) is 74.5 Å². The second-order valence-electron chi connectivity index (χ2n) is 4.95. The lowest BCUT2D eigenvalue weighted by molar-refractivity contribution is 0.495. The summed E-state index contributed by atoms with van der Waals surface area (Å²) in [6.07, 6.45) is 1.13. The summed E-state index contributed by atoms with van der Waals surface area (Å²) in [4.78, 5) is 0. The van der Waals surface area contributed by atoms with Crippen LogP contribution in [-0.2, 0) is 6.42 Å². The molecular formula is C21H32. The summed E-state index contributed by atoms with van der Waals surface area (Å²) in [5, 5.41) is 0. The van der Waals surface area contributed by atoms with Crippen molar-refractivity contribution >= 4 is 0 Å². The molecule has 2 aromatic rings. The van der Waals surface area contributed by atoms with Crippen molar-refractivity contribution in [3.8, 4) is 0 Å². The van der Waals surface area contributed by atoms with E-state index in [-0.39, 0.29) is 0 Å². The number of benzene rings is 2. The summed E-state index contributed by atoms with van der Waals surface area (Å²) in [5.74, 6) is 1.27. The zero-order chi connectivity index (χ0) is 16.1. The first-order valence-corrected chi connectivity index (χ1v) is 8.36. The van der Waals surface area contributed by atoms with E-state index in [1.807, 2.05) is 27.7 Å². The SMILES string of the molecule is CC.CC.CC(C)C(Cc1ccccc1)c1ccccc1. The highest BCUT2D eigenvalue weighted by Crippen LogP contribution is 2.28. The van der Waals surface area contributed by atoms with Gasteiger partial charge in [-0.05, 0) is 29.4 Å². The second kappa shape index (κ2) is 12.2. The Bertz CT molecular complexity index is 428. The van der Waals surface area contributed by atoms with Crippen LogP contribution in [-0.4, -0.2) is 0 Å². The molecule has 0 spiro atoms. The van der Waals surface area contributed by atoms with Crippen molar-refractivity contribution in [2.75, 3.05) is 0 Å². The van der Waals surface area contributed by atoms with Gasteiger partial charge in [0.25, 0.3) is 0 Å². The van der Waals surface area contributed by atoms with Gasteiger partial charge in [-0.25, -0.2) is 0 Å². The molecule has 0 aromatic heterocycles. The fourth-order valence-electron chi connectivity index (χ4n) is 2.31. The van der Waals surface area contributed by atoms with E-state index in [1.54, 1.807) is 0 Å². The highest BCUT2D eigenvalue weighted by Gasteiger charge is 2.15. The van der Waals surface area contributed by atoms with Crippen LogP contribution < -0.4 is 0 Å². The van der Waals surface area contributed by atoms with Crippen LogP contribution in [0.3, 0.4) is 0 Å². The van der Waals surface area contributed by atoms with E-state index in [9.17, 15) is 0 Å². The molecule has 0 nitrogen and oxygen atoms in total. The Balaban J connectivity index is 0.000000921. The third-order valence-corrected chi connectivity index (χ3v) is 3.33. The van der Waals surface area contributed by atoms with Crippen molar-refractivity contribution in [3.05, 3.63) is 71.8 Å². The lowest BCUT2D eigenvalue weighted by Gasteiger charge is -2.21. The molecule has 0 radical (unpaired) electrons. The van der Waals surface area contributed by atoms with Gasteiger partial charge in [0.05, 0.1) is 0 Å². The predicted molar refractivity (Wildman–Crippen MR) is 96.9 cm³/mol. The standard InChI is InChI=1S/C17H20.2C2H6/c1-14(2)17(16-11-7-4-8-12-16)13-15-9-5-3-6-10-15;2*1-2/h3-12,14,17H,13H2,1-2H3;2*1-2H3. The van der Waals surface area contributed by atoms with Crippen LogP contribution in [0, 0.1) is 5.92 Å². The molecule has 0 heterocycles. The van der Waals surface area contributed by atoms with Crippen LogP contribution in [0.15, 0.2) is 60.7 Å². The molecule has 0 heteroatoms. The Labute approximate surface area is 132 Å². The first kappa shape index (κ1) is 19.4. The normalized spacial score (nSPS) is 10.8. The van der Waals surface area contributed by atoms with Crippen LogP contribution in [0.4, 0.5) is 0 Å². The van der Waals surface area contributed by atoms with Gasteiger partial charge in [0.15, 0.2) is 0 Å². The fraction of sp³-hybridized carbons (Fsp3) is 0.429. The average molecular weight is 284 g/mol. The topological polar surface area (TPSA) is 0 Å². The quantitative estimate of drug-likeness (QED) is 0.584. The van der Waals surface area contributed by atoms with Gasteiger partial charge >= 0.3 is 0 Å².